The molecule has 0 aliphatic rings. The second kappa shape index (κ2) is 5.15. The van der Waals surface area contributed by atoms with E-state index in [9.17, 15) is 4.57 Å². The first-order valence-electron chi connectivity index (χ1n) is 3.65. The first kappa shape index (κ1) is 10.4. The van der Waals surface area contributed by atoms with Crippen LogP contribution in [-0.2, 0) is 4.57 Å². The van der Waals surface area contributed by atoms with E-state index in [2.05, 4.69) is 6.58 Å². The summed E-state index contributed by atoms with van der Waals surface area (Å²) in [7, 11) is -2.20. The number of allylic oxidation sites excluding steroid dienone is 3. The van der Waals surface area contributed by atoms with Gasteiger partial charge in [0.15, 0.2) is 0 Å². The van der Waals surface area contributed by atoms with Gasteiger partial charge < -0.3 is 4.57 Å². The van der Waals surface area contributed by atoms with Gasteiger partial charge in [-0.3, -0.25) is 0 Å². The third-order valence-electron chi connectivity index (χ3n) is 1.22. The second-order valence-electron chi connectivity index (χ2n) is 2.29. The average Bonchev–Trinajstić information content (AvgIpc) is 1.88. The Kier molecular flexibility index (Phi) is 4.89. The van der Waals surface area contributed by atoms with E-state index < -0.39 is 7.14 Å². The van der Waals surface area contributed by atoms with Gasteiger partial charge in [0.2, 0.25) is 0 Å². The highest BCUT2D eigenvalue weighted by atomic mass is 31.2. The molecule has 1 nitrogen and oxygen atoms in total. The summed E-state index contributed by atoms with van der Waals surface area (Å²) in [5, 5.41) is 0. The second-order valence-corrected chi connectivity index (χ2v) is 4.96. The molecule has 0 aliphatic heterocycles. The molecule has 0 heterocycles. The van der Waals surface area contributed by atoms with E-state index in [-0.39, 0.29) is 0 Å². The zero-order valence-corrected chi connectivity index (χ0v) is 8.05. The molecule has 0 unspecified atom stereocenters. The fourth-order valence-electron chi connectivity index (χ4n) is 0.878. The molecule has 0 rings (SSSR count). The van der Waals surface area contributed by atoms with Crippen molar-refractivity contribution in [2.45, 2.75) is 13.8 Å². The fourth-order valence-corrected chi connectivity index (χ4v) is 2.63. The van der Waals surface area contributed by atoms with Crippen molar-refractivity contribution in [1.82, 2.24) is 0 Å². The highest BCUT2D eigenvalue weighted by molar-refractivity contribution is 7.70. The summed E-state index contributed by atoms with van der Waals surface area (Å²) in [4.78, 5) is 0. The van der Waals surface area contributed by atoms with Crippen LogP contribution in [0.15, 0.2) is 36.4 Å². The lowest BCUT2D eigenvalue weighted by molar-refractivity contribution is 0.588. The van der Waals surface area contributed by atoms with Gasteiger partial charge in [0, 0.05) is 6.16 Å². The lowest BCUT2D eigenvalue weighted by atomic mass is 10.8. The normalized spacial score (nSPS) is 12.9. The van der Waals surface area contributed by atoms with E-state index in [4.69, 9.17) is 0 Å². The van der Waals surface area contributed by atoms with E-state index in [1.54, 1.807) is 17.7 Å². The van der Waals surface area contributed by atoms with Gasteiger partial charge in [0.05, 0.1) is 0 Å². The topological polar surface area (TPSA) is 17.1 Å². The Morgan fingerprint density at radius 1 is 1.27 bits per heavy atom. The Balaban J connectivity index is 4.51. The van der Waals surface area contributed by atoms with Crippen molar-refractivity contribution in [3.05, 3.63) is 36.4 Å². The Labute approximate surface area is 68.9 Å². The minimum atomic E-state index is -2.20. The Morgan fingerprint density at radius 2 is 1.73 bits per heavy atom. The standard InChI is InChI=1S/C9H15OP/c1-4-7-11(10,8-5-2)9-6-3/h4-6,8-9H,1,7H2,2-3H3/b8-5+,9-6+. The summed E-state index contributed by atoms with van der Waals surface area (Å²) in [6.45, 7) is 7.32. The molecule has 0 saturated carbocycles. The third kappa shape index (κ3) is 4.00. The molecule has 0 aromatic heterocycles. The van der Waals surface area contributed by atoms with Crippen LogP contribution in [0.25, 0.3) is 0 Å². The molecule has 0 amide bonds. The average molecular weight is 170 g/mol. The fraction of sp³-hybridized carbons (Fsp3) is 0.333. The number of rotatable bonds is 4. The maximum Gasteiger partial charge on any atom is 0.132 e. The lowest BCUT2D eigenvalue weighted by Gasteiger charge is -2.04. The largest absolute Gasteiger partial charge is 0.315 e. The summed E-state index contributed by atoms with van der Waals surface area (Å²) in [6, 6.07) is 0. The summed E-state index contributed by atoms with van der Waals surface area (Å²) in [5.74, 6) is 3.52. The van der Waals surface area contributed by atoms with Crippen LogP contribution < -0.4 is 0 Å². The van der Waals surface area contributed by atoms with Crippen molar-refractivity contribution in [1.29, 1.82) is 0 Å². The summed E-state index contributed by atoms with van der Waals surface area (Å²) in [6.07, 6.45) is 5.90. The highest BCUT2D eigenvalue weighted by Gasteiger charge is 2.09. The third-order valence-corrected chi connectivity index (χ3v) is 3.65. The van der Waals surface area contributed by atoms with Crippen molar-refractivity contribution in [3.63, 3.8) is 0 Å². The van der Waals surface area contributed by atoms with Crippen molar-refractivity contribution < 1.29 is 4.57 Å². The van der Waals surface area contributed by atoms with Gasteiger partial charge in [0.25, 0.3) is 0 Å². The van der Waals surface area contributed by atoms with Gasteiger partial charge >= 0.3 is 0 Å². The predicted octanol–water partition coefficient (Wildman–Crippen LogP) is 3.60. The minimum Gasteiger partial charge on any atom is -0.315 e. The zero-order chi connectivity index (χ0) is 8.74. The van der Waals surface area contributed by atoms with Crippen LogP contribution in [0, 0.1) is 0 Å². The molecule has 0 N–H and O–H groups in total. The first-order valence-corrected chi connectivity index (χ1v) is 5.68. The molecular formula is C9H15OP. The first-order chi connectivity index (χ1) is 5.18. The maximum absolute atomic E-state index is 11.8. The van der Waals surface area contributed by atoms with E-state index in [1.165, 1.54) is 0 Å². The van der Waals surface area contributed by atoms with Gasteiger partial charge in [-0.05, 0) is 25.5 Å². The van der Waals surface area contributed by atoms with Gasteiger partial charge in [-0.15, -0.1) is 6.58 Å². The molecule has 62 valence electrons. The SMILES string of the molecule is C=CCP(=O)(/C=C/C)/C=C/C. The molecule has 11 heavy (non-hydrogen) atoms. The quantitative estimate of drug-likeness (QED) is 0.465. The molecular weight excluding hydrogens is 155 g/mol. The van der Waals surface area contributed by atoms with Crippen LogP contribution in [0.4, 0.5) is 0 Å². The van der Waals surface area contributed by atoms with Crippen molar-refractivity contribution in [2.75, 3.05) is 6.16 Å². The molecule has 0 aliphatic carbocycles. The lowest BCUT2D eigenvalue weighted by Crippen LogP contribution is -1.76. The molecule has 0 aromatic carbocycles. The molecule has 0 atom stereocenters. The molecule has 2 heteroatoms. The highest BCUT2D eigenvalue weighted by Crippen LogP contribution is 2.48. The summed E-state index contributed by atoms with van der Waals surface area (Å²) in [5.41, 5.74) is 0. The smallest absolute Gasteiger partial charge is 0.132 e. The zero-order valence-electron chi connectivity index (χ0n) is 7.16. The van der Waals surface area contributed by atoms with Crippen molar-refractivity contribution >= 4 is 7.14 Å². The van der Waals surface area contributed by atoms with Gasteiger partial charge in [0.1, 0.15) is 7.14 Å². The van der Waals surface area contributed by atoms with E-state index in [0.717, 1.165) is 0 Å². The summed E-state index contributed by atoms with van der Waals surface area (Å²) < 4.78 is 11.8. The van der Waals surface area contributed by atoms with Gasteiger partial charge in [-0.2, -0.15) is 0 Å². The predicted molar refractivity (Wildman–Crippen MR) is 52.3 cm³/mol. The van der Waals surface area contributed by atoms with Gasteiger partial charge in [-0.1, -0.05) is 18.2 Å². The molecule has 0 saturated heterocycles. The minimum absolute atomic E-state index is 0.557. The van der Waals surface area contributed by atoms with E-state index >= 15 is 0 Å². The van der Waals surface area contributed by atoms with Crippen molar-refractivity contribution in [2.24, 2.45) is 0 Å². The van der Waals surface area contributed by atoms with Crippen molar-refractivity contribution in [3.8, 4) is 0 Å². The molecule has 0 fully saturated rings. The van der Waals surface area contributed by atoms with E-state index in [1.807, 2.05) is 26.0 Å². The van der Waals surface area contributed by atoms with Gasteiger partial charge in [-0.25, -0.2) is 0 Å². The molecule has 0 aromatic rings. The molecule has 0 radical (unpaired) electrons. The van der Waals surface area contributed by atoms with Crippen LogP contribution in [0.5, 0.6) is 0 Å². The Hall–Kier alpha value is -0.550. The van der Waals surface area contributed by atoms with Crippen LogP contribution >= 0.6 is 7.14 Å². The maximum atomic E-state index is 11.8. The molecule has 0 bridgehead atoms. The van der Waals surface area contributed by atoms with Crippen LogP contribution in [0.1, 0.15) is 13.8 Å². The van der Waals surface area contributed by atoms with E-state index in [0.29, 0.717) is 6.16 Å². The number of hydrogen-bond donors (Lipinski definition) is 0. The summed E-state index contributed by atoms with van der Waals surface area (Å²) >= 11 is 0. The van der Waals surface area contributed by atoms with Crippen LogP contribution in [-0.4, -0.2) is 6.16 Å². The Morgan fingerprint density at radius 3 is 2.00 bits per heavy atom. The molecule has 0 spiro atoms. The Bertz CT molecular complexity index is 198. The van der Waals surface area contributed by atoms with Crippen LogP contribution in [0.3, 0.4) is 0 Å². The number of hydrogen-bond acceptors (Lipinski definition) is 1. The monoisotopic (exact) mass is 170 g/mol. The van der Waals surface area contributed by atoms with Crippen LogP contribution in [0.2, 0.25) is 0 Å².